The van der Waals surface area contributed by atoms with Crippen molar-refractivity contribution in [2.24, 2.45) is 11.1 Å². The lowest BCUT2D eigenvalue weighted by atomic mass is 9.97. The molecule has 0 aliphatic heterocycles. The van der Waals surface area contributed by atoms with Gasteiger partial charge in [-0.2, -0.15) is 0 Å². The number of hydrogen-bond acceptors (Lipinski definition) is 5. The molecule has 0 spiro atoms. The highest BCUT2D eigenvalue weighted by Gasteiger charge is 2.25. The average Bonchev–Trinajstić information content (AvgIpc) is 2.59. The van der Waals surface area contributed by atoms with E-state index in [1.807, 2.05) is 13.8 Å². The summed E-state index contributed by atoms with van der Waals surface area (Å²) in [7, 11) is -6.40. The third kappa shape index (κ3) is 4.82. The Morgan fingerprint density at radius 2 is 1.54 bits per heavy atom. The van der Waals surface area contributed by atoms with Gasteiger partial charge in [-0.3, -0.25) is 0 Å². The summed E-state index contributed by atoms with van der Waals surface area (Å²) in [5.74, 6) is 0.625. The summed E-state index contributed by atoms with van der Waals surface area (Å²) in [6, 6.07) is 11.5. The van der Waals surface area contributed by atoms with Crippen molar-refractivity contribution >= 4 is 20.0 Å². The molecule has 0 aromatic heterocycles. The number of nitrogens with two attached hydrogens (primary N) is 1. The minimum Gasteiger partial charge on any atom is -0.497 e. The van der Waals surface area contributed by atoms with Crippen molar-refractivity contribution in [3.8, 4) is 5.75 Å². The number of rotatable bonds is 7. The number of primary sulfonamides is 1. The van der Waals surface area contributed by atoms with Crippen LogP contribution in [0.15, 0.2) is 58.3 Å². The zero-order valence-electron chi connectivity index (χ0n) is 14.7. The van der Waals surface area contributed by atoms with Gasteiger partial charge in [0, 0.05) is 6.04 Å². The second-order valence-corrected chi connectivity index (χ2v) is 9.41. The Morgan fingerprint density at radius 1 is 0.962 bits per heavy atom. The summed E-state index contributed by atoms with van der Waals surface area (Å²) < 4.78 is 56.2. The van der Waals surface area contributed by atoms with Crippen LogP contribution < -0.4 is 14.6 Å². The maximum Gasteiger partial charge on any atom is 0.241 e. The Labute approximate surface area is 154 Å². The van der Waals surface area contributed by atoms with E-state index in [4.69, 9.17) is 9.88 Å². The van der Waals surface area contributed by atoms with Gasteiger partial charge in [-0.15, -0.1) is 0 Å². The molecule has 1 unspecified atom stereocenters. The van der Waals surface area contributed by atoms with Crippen LogP contribution in [-0.4, -0.2) is 23.9 Å². The molecular formula is C17H22N2O5S2. The molecule has 26 heavy (non-hydrogen) atoms. The second kappa shape index (κ2) is 7.75. The number of methoxy groups -OCH3 is 1. The van der Waals surface area contributed by atoms with Gasteiger partial charge in [-0.1, -0.05) is 32.0 Å². The predicted molar refractivity (Wildman–Crippen MR) is 98.7 cm³/mol. The van der Waals surface area contributed by atoms with Gasteiger partial charge < -0.3 is 4.74 Å². The van der Waals surface area contributed by atoms with Crippen molar-refractivity contribution < 1.29 is 21.6 Å². The summed E-state index contributed by atoms with van der Waals surface area (Å²) in [5.41, 5.74) is 0.770. The molecule has 0 saturated heterocycles. The van der Waals surface area contributed by atoms with E-state index in [2.05, 4.69) is 4.72 Å². The van der Waals surface area contributed by atoms with E-state index < -0.39 is 26.1 Å². The summed E-state index contributed by atoms with van der Waals surface area (Å²) in [6.45, 7) is 3.77. The predicted octanol–water partition coefficient (Wildman–Crippen LogP) is 2.02. The molecule has 1 atom stereocenters. The first kappa shape index (κ1) is 20.4. The largest absolute Gasteiger partial charge is 0.497 e. The van der Waals surface area contributed by atoms with E-state index >= 15 is 0 Å². The molecule has 0 bridgehead atoms. The van der Waals surface area contributed by atoms with Crippen LogP contribution in [0.1, 0.15) is 25.5 Å². The lowest BCUT2D eigenvalue weighted by molar-refractivity contribution is 0.413. The highest BCUT2D eigenvalue weighted by molar-refractivity contribution is 7.90. The van der Waals surface area contributed by atoms with Crippen LogP contribution in [0.4, 0.5) is 0 Å². The van der Waals surface area contributed by atoms with Gasteiger partial charge in [-0.05, 0) is 41.8 Å². The van der Waals surface area contributed by atoms with Crippen molar-refractivity contribution in [1.29, 1.82) is 0 Å². The molecule has 0 amide bonds. The molecule has 2 aromatic carbocycles. The van der Waals surface area contributed by atoms with E-state index in [0.717, 1.165) is 11.6 Å². The zero-order valence-corrected chi connectivity index (χ0v) is 16.3. The van der Waals surface area contributed by atoms with Crippen molar-refractivity contribution in [2.75, 3.05) is 7.11 Å². The van der Waals surface area contributed by atoms with Crippen LogP contribution in [0.3, 0.4) is 0 Å². The van der Waals surface area contributed by atoms with Gasteiger partial charge in [0.1, 0.15) is 5.75 Å². The third-order valence-electron chi connectivity index (χ3n) is 3.87. The molecule has 2 rings (SSSR count). The van der Waals surface area contributed by atoms with Crippen LogP contribution in [0.25, 0.3) is 0 Å². The zero-order chi connectivity index (χ0) is 19.5. The fourth-order valence-electron chi connectivity index (χ4n) is 2.45. The molecule has 2 aromatic rings. The average molecular weight is 399 g/mol. The summed E-state index contributed by atoms with van der Waals surface area (Å²) in [5, 5.41) is 5.08. The molecule has 0 aliphatic rings. The van der Waals surface area contributed by atoms with Crippen LogP contribution in [0.5, 0.6) is 5.75 Å². The second-order valence-electron chi connectivity index (χ2n) is 6.14. The lowest BCUT2D eigenvalue weighted by Crippen LogP contribution is -2.32. The third-order valence-corrected chi connectivity index (χ3v) is 6.22. The summed E-state index contributed by atoms with van der Waals surface area (Å²) >= 11 is 0. The molecule has 0 fully saturated rings. The Kier molecular flexibility index (Phi) is 6.07. The van der Waals surface area contributed by atoms with Crippen molar-refractivity contribution in [2.45, 2.75) is 29.7 Å². The van der Waals surface area contributed by atoms with Gasteiger partial charge in [0.2, 0.25) is 20.0 Å². The number of hydrogen-bond donors (Lipinski definition) is 2. The maximum atomic E-state index is 12.8. The van der Waals surface area contributed by atoms with Gasteiger partial charge in [0.15, 0.2) is 0 Å². The lowest BCUT2D eigenvalue weighted by Gasteiger charge is -2.23. The van der Waals surface area contributed by atoms with Gasteiger partial charge >= 0.3 is 0 Å². The highest BCUT2D eigenvalue weighted by atomic mass is 32.2. The standard InChI is InChI=1S/C17H22N2O5S2/c1-12(2)17(13-7-9-14(24-3)10-8-13)19-26(22,23)16-6-4-5-15(11-16)25(18,20)21/h4-12,17,19H,1-3H3,(H2,18,20,21). The number of nitrogens with one attached hydrogen (secondary N) is 1. The van der Waals surface area contributed by atoms with Crippen LogP contribution in [0, 0.1) is 5.92 Å². The van der Waals surface area contributed by atoms with E-state index in [1.54, 1.807) is 31.4 Å². The molecule has 9 heteroatoms. The molecule has 7 nitrogen and oxygen atoms in total. The number of sulfonamides is 2. The molecule has 0 saturated carbocycles. The van der Waals surface area contributed by atoms with E-state index in [-0.39, 0.29) is 15.7 Å². The molecule has 0 aliphatic carbocycles. The van der Waals surface area contributed by atoms with E-state index in [9.17, 15) is 16.8 Å². The first-order chi connectivity index (χ1) is 12.0. The Bertz CT molecular complexity index is 968. The van der Waals surface area contributed by atoms with E-state index in [1.165, 1.54) is 18.2 Å². The van der Waals surface area contributed by atoms with Gasteiger partial charge in [0.25, 0.3) is 0 Å². The maximum absolute atomic E-state index is 12.8. The molecule has 142 valence electrons. The molecular weight excluding hydrogens is 376 g/mol. The van der Waals surface area contributed by atoms with Crippen molar-refractivity contribution in [1.82, 2.24) is 4.72 Å². The molecule has 3 N–H and O–H groups in total. The summed E-state index contributed by atoms with van der Waals surface area (Å²) in [4.78, 5) is -0.422. The minimum absolute atomic E-state index is 0.0420. The van der Waals surface area contributed by atoms with Crippen molar-refractivity contribution in [3.63, 3.8) is 0 Å². The quantitative estimate of drug-likeness (QED) is 0.740. The monoisotopic (exact) mass is 398 g/mol. The van der Waals surface area contributed by atoms with Crippen LogP contribution in [-0.2, 0) is 20.0 Å². The first-order valence-corrected chi connectivity index (χ1v) is 10.9. The Hall–Kier alpha value is -1.94. The Morgan fingerprint density at radius 3 is 2.04 bits per heavy atom. The summed E-state index contributed by atoms with van der Waals surface area (Å²) in [6.07, 6.45) is 0. The fourth-order valence-corrected chi connectivity index (χ4v) is 4.51. The van der Waals surface area contributed by atoms with Crippen LogP contribution in [0.2, 0.25) is 0 Å². The van der Waals surface area contributed by atoms with E-state index in [0.29, 0.717) is 5.75 Å². The Balaban J connectivity index is 2.38. The first-order valence-electron chi connectivity index (χ1n) is 7.84. The van der Waals surface area contributed by atoms with Gasteiger partial charge in [0.05, 0.1) is 16.9 Å². The normalized spacial score (nSPS) is 13.6. The number of benzene rings is 2. The van der Waals surface area contributed by atoms with Crippen LogP contribution >= 0.6 is 0 Å². The fraction of sp³-hybridized carbons (Fsp3) is 0.294. The topological polar surface area (TPSA) is 116 Å². The smallest absolute Gasteiger partial charge is 0.241 e. The number of ether oxygens (including phenoxy) is 1. The SMILES string of the molecule is COc1ccc(C(NS(=O)(=O)c2cccc(S(N)(=O)=O)c2)C(C)C)cc1. The van der Waals surface area contributed by atoms with Gasteiger partial charge in [-0.25, -0.2) is 26.7 Å². The minimum atomic E-state index is -4.00. The highest BCUT2D eigenvalue weighted by Crippen LogP contribution is 2.26. The molecule has 0 heterocycles. The van der Waals surface area contributed by atoms with Crippen molar-refractivity contribution in [3.05, 3.63) is 54.1 Å². The molecule has 0 radical (unpaired) electrons.